The highest BCUT2D eigenvalue weighted by Crippen LogP contribution is 2.05. The number of nitrogens with zero attached hydrogens (tertiary/aromatic N) is 2. The lowest BCUT2D eigenvalue weighted by Gasteiger charge is -2.07. The SMILES string of the molecule is CCCNc1nccc(NCCCCO)n1. The van der Waals surface area contributed by atoms with Crippen LogP contribution in [0.4, 0.5) is 11.8 Å². The Labute approximate surface area is 96.3 Å². The van der Waals surface area contributed by atoms with Gasteiger partial charge in [0.1, 0.15) is 5.82 Å². The maximum absolute atomic E-state index is 8.64. The Morgan fingerprint density at radius 1 is 1.25 bits per heavy atom. The summed E-state index contributed by atoms with van der Waals surface area (Å²) in [5, 5.41) is 15.0. The van der Waals surface area contributed by atoms with Gasteiger partial charge in [-0.15, -0.1) is 0 Å². The zero-order valence-corrected chi connectivity index (χ0v) is 9.74. The molecule has 0 atom stereocenters. The van der Waals surface area contributed by atoms with E-state index in [0.717, 1.165) is 38.2 Å². The Kier molecular flexibility index (Phi) is 6.25. The molecule has 90 valence electrons. The van der Waals surface area contributed by atoms with Gasteiger partial charge in [0.25, 0.3) is 0 Å². The fraction of sp³-hybridized carbons (Fsp3) is 0.636. The number of hydrogen-bond acceptors (Lipinski definition) is 5. The molecular formula is C11H20N4O. The topological polar surface area (TPSA) is 70.1 Å². The molecule has 0 spiro atoms. The molecule has 3 N–H and O–H groups in total. The van der Waals surface area contributed by atoms with Crippen LogP contribution in [0.15, 0.2) is 12.3 Å². The monoisotopic (exact) mass is 224 g/mol. The standard InChI is InChI=1S/C11H20N4O/c1-2-6-13-11-14-8-5-10(15-11)12-7-3-4-9-16/h5,8,16H,2-4,6-7,9H2,1H3,(H2,12,13,14,15). The van der Waals surface area contributed by atoms with Gasteiger partial charge in [-0.05, 0) is 25.3 Å². The number of hydrogen-bond donors (Lipinski definition) is 3. The minimum absolute atomic E-state index is 0.245. The van der Waals surface area contributed by atoms with Crippen molar-refractivity contribution in [1.82, 2.24) is 9.97 Å². The molecule has 0 amide bonds. The molecule has 0 aliphatic heterocycles. The molecule has 1 rings (SSSR count). The van der Waals surface area contributed by atoms with Gasteiger partial charge >= 0.3 is 0 Å². The van der Waals surface area contributed by atoms with Crippen LogP contribution in [-0.4, -0.2) is 34.8 Å². The predicted molar refractivity (Wildman–Crippen MR) is 65.6 cm³/mol. The summed E-state index contributed by atoms with van der Waals surface area (Å²) < 4.78 is 0. The molecule has 0 aliphatic rings. The van der Waals surface area contributed by atoms with E-state index in [9.17, 15) is 0 Å². The van der Waals surface area contributed by atoms with Gasteiger partial charge in [0, 0.05) is 25.9 Å². The molecule has 1 heterocycles. The van der Waals surface area contributed by atoms with E-state index in [1.165, 1.54) is 0 Å². The van der Waals surface area contributed by atoms with Crippen molar-refractivity contribution < 1.29 is 5.11 Å². The summed E-state index contributed by atoms with van der Waals surface area (Å²) in [5.41, 5.74) is 0. The summed E-state index contributed by atoms with van der Waals surface area (Å²) in [7, 11) is 0. The second-order valence-electron chi connectivity index (χ2n) is 3.55. The first-order chi connectivity index (χ1) is 7.86. The molecule has 0 unspecified atom stereocenters. The highest BCUT2D eigenvalue weighted by molar-refractivity contribution is 5.39. The summed E-state index contributed by atoms with van der Waals surface area (Å²) in [5.74, 6) is 1.49. The van der Waals surface area contributed by atoms with Crippen LogP contribution in [0.1, 0.15) is 26.2 Å². The average molecular weight is 224 g/mol. The fourth-order valence-corrected chi connectivity index (χ4v) is 1.23. The molecule has 0 aliphatic carbocycles. The highest BCUT2D eigenvalue weighted by atomic mass is 16.2. The van der Waals surface area contributed by atoms with Crippen LogP contribution >= 0.6 is 0 Å². The number of nitrogens with one attached hydrogen (secondary N) is 2. The smallest absolute Gasteiger partial charge is 0.224 e. The van der Waals surface area contributed by atoms with Crippen molar-refractivity contribution in [2.45, 2.75) is 26.2 Å². The maximum atomic E-state index is 8.64. The quantitative estimate of drug-likeness (QED) is 0.583. The number of rotatable bonds is 8. The number of anilines is 2. The van der Waals surface area contributed by atoms with Crippen LogP contribution in [0.25, 0.3) is 0 Å². The zero-order valence-electron chi connectivity index (χ0n) is 9.74. The summed E-state index contributed by atoms with van der Waals surface area (Å²) in [4.78, 5) is 8.43. The van der Waals surface area contributed by atoms with Crippen molar-refractivity contribution in [1.29, 1.82) is 0 Å². The molecule has 5 heteroatoms. The van der Waals surface area contributed by atoms with E-state index in [2.05, 4.69) is 27.5 Å². The van der Waals surface area contributed by atoms with Gasteiger partial charge in [0.15, 0.2) is 0 Å². The van der Waals surface area contributed by atoms with Gasteiger partial charge < -0.3 is 15.7 Å². The van der Waals surface area contributed by atoms with Crippen LogP contribution in [0.2, 0.25) is 0 Å². The van der Waals surface area contributed by atoms with Crippen LogP contribution < -0.4 is 10.6 Å². The van der Waals surface area contributed by atoms with Gasteiger partial charge in [0.05, 0.1) is 0 Å². The first kappa shape index (κ1) is 12.7. The Bertz CT molecular complexity index is 293. The van der Waals surface area contributed by atoms with Crippen LogP contribution in [0.5, 0.6) is 0 Å². The van der Waals surface area contributed by atoms with E-state index < -0.39 is 0 Å². The lowest BCUT2D eigenvalue weighted by molar-refractivity contribution is 0.286. The van der Waals surface area contributed by atoms with Crippen molar-refractivity contribution in [2.24, 2.45) is 0 Å². The number of aromatic nitrogens is 2. The number of unbranched alkanes of at least 4 members (excludes halogenated alkanes) is 1. The summed E-state index contributed by atoms with van der Waals surface area (Å²) >= 11 is 0. The minimum atomic E-state index is 0.245. The first-order valence-corrected chi connectivity index (χ1v) is 5.78. The van der Waals surface area contributed by atoms with Crippen LogP contribution in [0, 0.1) is 0 Å². The van der Waals surface area contributed by atoms with Crippen molar-refractivity contribution in [3.63, 3.8) is 0 Å². The molecule has 1 aromatic rings. The molecule has 0 saturated heterocycles. The van der Waals surface area contributed by atoms with Gasteiger partial charge in [-0.1, -0.05) is 6.92 Å². The normalized spacial score (nSPS) is 10.1. The average Bonchev–Trinajstić information content (AvgIpc) is 2.33. The van der Waals surface area contributed by atoms with Crippen molar-refractivity contribution in [2.75, 3.05) is 30.3 Å². The van der Waals surface area contributed by atoms with Gasteiger partial charge in [-0.25, -0.2) is 4.98 Å². The second-order valence-corrected chi connectivity index (χ2v) is 3.55. The van der Waals surface area contributed by atoms with Gasteiger partial charge in [-0.3, -0.25) is 0 Å². The largest absolute Gasteiger partial charge is 0.396 e. The predicted octanol–water partition coefficient (Wildman–Crippen LogP) is 1.48. The second kappa shape index (κ2) is 7.87. The Hall–Kier alpha value is -1.36. The molecule has 5 nitrogen and oxygen atoms in total. The Balaban J connectivity index is 2.35. The highest BCUT2D eigenvalue weighted by Gasteiger charge is 1.97. The fourth-order valence-electron chi connectivity index (χ4n) is 1.23. The molecule has 1 aromatic heterocycles. The van der Waals surface area contributed by atoms with E-state index in [-0.39, 0.29) is 6.61 Å². The molecular weight excluding hydrogens is 204 g/mol. The number of aliphatic hydroxyl groups excluding tert-OH is 1. The van der Waals surface area contributed by atoms with E-state index in [0.29, 0.717) is 5.95 Å². The van der Waals surface area contributed by atoms with E-state index in [1.54, 1.807) is 6.20 Å². The van der Waals surface area contributed by atoms with E-state index in [4.69, 9.17) is 5.11 Å². The molecule has 0 bridgehead atoms. The van der Waals surface area contributed by atoms with Crippen molar-refractivity contribution >= 4 is 11.8 Å². The van der Waals surface area contributed by atoms with Gasteiger partial charge in [-0.2, -0.15) is 4.98 Å². The summed E-state index contributed by atoms with van der Waals surface area (Å²) in [6.45, 7) is 4.05. The third kappa shape index (κ3) is 4.93. The maximum Gasteiger partial charge on any atom is 0.224 e. The third-order valence-corrected chi connectivity index (χ3v) is 2.08. The Morgan fingerprint density at radius 2 is 2.12 bits per heavy atom. The number of aliphatic hydroxyl groups is 1. The lowest BCUT2D eigenvalue weighted by atomic mass is 10.3. The van der Waals surface area contributed by atoms with E-state index >= 15 is 0 Å². The summed E-state index contributed by atoms with van der Waals surface area (Å²) in [6.07, 6.45) is 4.55. The molecule has 16 heavy (non-hydrogen) atoms. The third-order valence-electron chi connectivity index (χ3n) is 2.08. The van der Waals surface area contributed by atoms with Gasteiger partial charge in [0.2, 0.25) is 5.95 Å². The molecule has 0 aromatic carbocycles. The summed E-state index contributed by atoms with van der Waals surface area (Å²) in [6, 6.07) is 1.84. The molecule has 0 fully saturated rings. The molecule has 0 radical (unpaired) electrons. The van der Waals surface area contributed by atoms with Crippen LogP contribution in [-0.2, 0) is 0 Å². The van der Waals surface area contributed by atoms with Crippen molar-refractivity contribution in [3.8, 4) is 0 Å². The van der Waals surface area contributed by atoms with Crippen molar-refractivity contribution in [3.05, 3.63) is 12.3 Å². The Morgan fingerprint density at radius 3 is 2.88 bits per heavy atom. The molecule has 0 saturated carbocycles. The minimum Gasteiger partial charge on any atom is -0.396 e. The zero-order chi connectivity index (χ0) is 11.6. The van der Waals surface area contributed by atoms with Crippen LogP contribution in [0.3, 0.4) is 0 Å². The van der Waals surface area contributed by atoms with E-state index in [1.807, 2.05) is 6.07 Å². The lowest BCUT2D eigenvalue weighted by Crippen LogP contribution is -2.08. The first-order valence-electron chi connectivity index (χ1n) is 5.78.